The Morgan fingerprint density at radius 1 is 1.04 bits per heavy atom. The first-order valence-corrected chi connectivity index (χ1v) is 7.09. The van der Waals surface area contributed by atoms with Crippen LogP contribution in [0.5, 0.6) is 5.75 Å². The van der Waals surface area contributed by atoms with Gasteiger partial charge in [0.15, 0.2) is 0 Å². The Hall–Kier alpha value is -2.82. The Kier molecular flexibility index (Phi) is 5.36. The van der Waals surface area contributed by atoms with E-state index < -0.39 is 17.9 Å². The van der Waals surface area contributed by atoms with Crippen molar-refractivity contribution >= 4 is 11.9 Å². The van der Waals surface area contributed by atoms with Gasteiger partial charge in [0.2, 0.25) is 0 Å². The van der Waals surface area contributed by atoms with Gasteiger partial charge >= 0.3 is 11.9 Å². The highest BCUT2D eigenvalue weighted by atomic mass is 16.5. The first-order valence-electron chi connectivity index (χ1n) is 7.09. The van der Waals surface area contributed by atoms with Crippen LogP contribution in [0, 0.1) is 0 Å². The van der Waals surface area contributed by atoms with Crippen LogP contribution in [0.2, 0.25) is 0 Å². The van der Waals surface area contributed by atoms with Crippen molar-refractivity contribution in [2.24, 2.45) is 0 Å². The quantitative estimate of drug-likeness (QED) is 0.830. The number of carboxylic acid groups (broad SMARTS) is 1. The maximum absolute atomic E-state index is 11.7. The average molecular weight is 314 g/mol. The van der Waals surface area contributed by atoms with Crippen molar-refractivity contribution < 1.29 is 24.2 Å². The zero-order valence-corrected chi connectivity index (χ0v) is 13.0. The lowest BCUT2D eigenvalue weighted by atomic mass is 9.91. The van der Waals surface area contributed by atoms with Crippen LogP contribution >= 0.6 is 0 Å². The Morgan fingerprint density at radius 2 is 1.70 bits per heavy atom. The molecular weight excluding hydrogens is 296 g/mol. The summed E-state index contributed by atoms with van der Waals surface area (Å²) < 4.78 is 9.90. The number of carbonyl (C=O) groups is 2. The molecule has 1 unspecified atom stereocenters. The van der Waals surface area contributed by atoms with Crippen LogP contribution in [0.4, 0.5) is 0 Å². The second-order valence-corrected chi connectivity index (χ2v) is 5.03. The summed E-state index contributed by atoms with van der Waals surface area (Å²) in [6.07, 6.45) is 0.303. The van der Waals surface area contributed by atoms with E-state index in [0.29, 0.717) is 23.3 Å². The molecular formula is C18H18O5. The number of carbonyl (C=O) groups excluding carboxylic acids is 1. The van der Waals surface area contributed by atoms with E-state index in [1.807, 2.05) is 0 Å². The first-order chi connectivity index (χ1) is 11.1. The van der Waals surface area contributed by atoms with Gasteiger partial charge < -0.3 is 14.6 Å². The fourth-order valence-corrected chi connectivity index (χ4v) is 2.42. The monoisotopic (exact) mass is 314 g/mol. The van der Waals surface area contributed by atoms with Crippen molar-refractivity contribution in [2.45, 2.75) is 12.3 Å². The van der Waals surface area contributed by atoms with E-state index in [2.05, 4.69) is 4.74 Å². The molecule has 0 fully saturated rings. The second kappa shape index (κ2) is 7.45. The van der Waals surface area contributed by atoms with Crippen LogP contribution in [-0.4, -0.2) is 31.3 Å². The van der Waals surface area contributed by atoms with Crippen LogP contribution in [0.3, 0.4) is 0 Å². The molecule has 1 atom stereocenters. The standard InChI is InChI=1S/C18H18O5/c1-22-16-6-4-3-5-14(16)15(17(19)20)11-12-7-9-13(10-8-12)18(21)23-2/h3-10,15H,11H2,1-2H3,(H,19,20). The topological polar surface area (TPSA) is 72.8 Å². The highest BCUT2D eigenvalue weighted by molar-refractivity contribution is 5.89. The van der Waals surface area contributed by atoms with Crippen LogP contribution in [0.1, 0.15) is 27.4 Å². The van der Waals surface area contributed by atoms with Crippen LogP contribution in [0.15, 0.2) is 48.5 Å². The van der Waals surface area contributed by atoms with Crippen molar-refractivity contribution in [3.63, 3.8) is 0 Å². The number of carboxylic acids is 1. The van der Waals surface area contributed by atoms with Crippen molar-refractivity contribution in [3.05, 3.63) is 65.2 Å². The van der Waals surface area contributed by atoms with Crippen molar-refractivity contribution in [1.29, 1.82) is 0 Å². The number of aliphatic carboxylic acids is 1. The predicted molar refractivity (Wildman–Crippen MR) is 84.9 cm³/mol. The number of ether oxygens (including phenoxy) is 2. The molecule has 0 aliphatic heterocycles. The van der Waals surface area contributed by atoms with Gasteiger partial charge in [0.05, 0.1) is 25.7 Å². The van der Waals surface area contributed by atoms with E-state index in [1.165, 1.54) is 14.2 Å². The molecule has 2 rings (SSSR count). The van der Waals surface area contributed by atoms with Gasteiger partial charge in [0.25, 0.3) is 0 Å². The fraction of sp³-hybridized carbons (Fsp3) is 0.222. The molecule has 0 radical (unpaired) electrons. The van der Waals surface area contributed by atoms with Gasteiger partial charge in [-0.1, -0.05) is 30.3 Å². The van der Waals surface area contributed by atoms with Gasteiger partial charge in [0.1, 0.15) is 5.75 Å². The van der Waals surface area contributed by atoms with Gasteiger partial charge in [-0.05, 0) is 30.2 Å². The van der Waals surface area contributed by atoms with E-state index in [-0.39, 0.29) is 0 Å². The number of rotatable bonds is 6. The molecule has 23 heavy (non-hydrogen) atoms. The van der Waals surface area contributed by atoms with Crippen LogP contribution in [0.25, 0.3) is 0 Å². The van der Waals surface area contributed by atoms with Crippen LogP contribution < -0.4 is 4.74 Å². The highest BCUT2D eigenvalue weighted by Gasteiger charge is 2.23. The summed E-state index contributed by atoms with van der Waals surface area (Å²) in [5.41, 5.74) is 1.87. The summed E-state index contributed by atoms with van der Waals surface area (Å²) in [6.45, 7) is 0. The molecule has 5 heteroatoms. The lowest BCUT2D eigenvalue weighted by Crippen LogP contribution is -2.15. The lowest BCUT2D eigenvalue weighted by Gasteiger charge is -2.16. The molecule has 0 saturated heterocycles. The third-order valence-corrected chi connectivity index (χ3v) is 3.63. The fourth-order valence-electron chi connectivity index (χ4n) is 2.42. The normalized spacial score (nSPS) is 11.6. The Labute approximate surface area is 134 Å². The third-order valence-electron chi connectivity index (χ3n) is 3.63. The molecule has 0 bridgehead atoms. The lowest BCUT2D eigenvalue weighted by molar-refractivity contribution is -0.138. The second-order valence-electron chi connectivity index (χ2n) is 5.03. The van der Waals surface area contributed by atoms with Crippen molar-refractivity contribution in [3.8, 4) is 5.75 Å². The van der Waals surface area contributed by atoms with Gasteiger partial charge in [-0.3, -0.25) is 4.79 Å². The summed E-state index contributed by atoms with van der Waals surface area (Å²) in [5, 5.41) is 9.56. The zero-order chi connectivity index (χ0) is 16.8. The molecule has 0 heterocycles. The maximum atomic E-state index is 11.7. The minimum absolute atomic E-state index is 0.303. The summed E-state index contributed by atoms with van der Waals surface area (Å²) in [4.78, 5) is 23.1. The molecule has 120 valence electrons. The maximum Gasteiger partial charge on any atom is 0.337 e. The van der Waals surface area contributed by atoms with E-state index in [0.717, 1.165) is 5.56 Å². The molecule has 0 aromatic heterocycles. The molecule has 1 N–H and O–H groups in total. The molecule has 0 aliphatic carbocycles. The van der Waals surface area contributed by atoms with E-state index in [4.69, 9.17) is 4.74 Å². The molecule has 0 amide bonds. The molecule has 2 aromatic rings. The van der Waals surface area contributed by atoms with Gasteiger partial charge in [-0.2, -0.15) is 0 Å². The Morgan fingerprint density at radius 3 is 2.26 bits per heavy atom. The number of methoxy groups -OCH3 is 2. The van der Waals surface area contributed by atoms with E-state index in [9.17, 15) is 14.7 Å². The summed E-state index contributed by atoms with van der Waals surface area (Å²) in [5.74, 6) is -1.52. The van der Waals surface area contributed by atoms with Gasteiger partial charge in [0, 0.05) is 5.56 Å². The number of benzene rings is 2. The highest BCUT2D eigenvalue weighted by Crippen LogP contribution is 2.29. The predicted octanol–water partition coefficient (Wildman–Crippen LogP) is 2.89. The number of hydrogen-bond acceptors (Lipinski definition) is 4. The largest absolute Gasteiger partial charge is 0.496 e. The number of esters is 1. The molecule has 2 aromatic carbocycles. The summed E-state index contributed by atoms with van der Waals surface area (Å²) in [7, 11) is 2.83. The minimum atomic E-state index is -0.924. The smallest absolute Gasteiger partial charge is 0.337 e. The summed E-state index contributed by atoms with van der Waals surface area (Å²) >= 11 is 0. The first kappa shape index (κ1) is 16.5. The van der Waals surface area contributed by atoms with Crippen molar-refractivity contribution in [1.82, 2.24) is 0 Å². The minimum Gasteiger partial charge on any atom is -0.496 e. The van der Waals surface area contributed by atoms with Gasteiger partial charge in [-0.25, -0.2) is 4.79 Å². The van der Waals surface area contributed by atoms with Gasteiger partial charge in [-0.15, -0.1) is 0 Å². The number of hydrogen-bond donors (Lipinski definition) is 1. The zero-order valence-electron chi connectivity index (χ0n) is 13.0. The number of para-hydroxylation sites is 1. The summed E-state index contributed by atoms with van der Waals surface area (Å²) in [6, 6.07) is 13.8. The average Bonchev–Trinajstić information content (AvgIpc) is 2.59. The third kappa shape index (κ3) is 3.88. The van der Waals surface area contributed by atoms with E-state index in [1.54, 1.807) is 48.5 Å². The van der Waals surface area contributed by atoms with E-state index >= 15 is 0 Å². The van der Waals surface area contributed by atoms with Crippen molar-refractivity contribution in [2.75, 3.05) is 14.2 Å². The van der Waals surface area contributed by atoms with Crippen LogP contribution in [-0.2, 0) is 16.0 Å². The molecule has 0 saturated carbocycles. The molecule has 0 aliphatic rings. The molecule has 5 nitrogen and oxygen atoms in total. The molecule has 0 spiro atoms. The SMILES string of the molecule is COC(=O)c1ccc(CC(C(=O)O)c2ccccc2OC)cc1. The Bertz CT molecular complexity index is 691. The Balaban J connectivity index is 2.26.